The van der Waals surface area contributed by atoms with Crippen LogP contribution in [-0.2, 0) is 6.54 Å². The summed E-state index contributed by atoms with van der Waals surface area (Å²) in [7, 11) is 0. The fourth-order valence-corrected chi connectivity index (χ4v) is 2.35. The number of hydrogen-bond acceptors (Lipinski definition) is 3. The maximum absolute atomic E-state index is 4.11. The minimum Gasteiger partial charge on any atom is -0.313 e. The van der Waals surface area contributed by atoms with Crippen LogP contribution in [0.25, 0.3) is 0 Å². The predicted octanol–water partition coefficient (Wildman–Crippen LogP) is 2.05. The molecule has 0 amide bonds. The molecule has 2 heterocycles. The van der Waals surface area contributed by atoms with E-state index < -0.39 is 0 Å². The smallest absolute Gasteiger partial charge is 0.0312 e. The van der Waals surface area contributed by atoms with E-state index in [0.717, 1.165) is 13.1 Å². The summed E-state index contributed by atoms with van der Waals surface area (Å²) in [5.74, 6) is 0. The predicted molar refractivity (Wildman–Crippen MR) is 70.9 cm³/mol. The molecule has 1 fully saturated rings. The molecular formula is C14H23N3. The van der Waals surface area contributed by atoms with Gasteiger partial charge in [0.15, 0.2) is 0 Å². The van der Waals surface area contributed by atoms with E-state index in [1.54, 1.807) is 0 Å². The van der Waals surface area contributed by atoms with Crippen LogP contribution >= 0.6 is 0 Å². The first-order chi connectivity index (χ1) is 8.45. The molecule has 0 unspecified atom stereocenters. The molecule has 0 spiro atoms. The average molecular weight is 233 g/mol. The third kappa shape index (κ3) is 4.84. The topological polar surface area (TPSA) is 28.2 Å². The third-order valence-electron chi connectivity index (χ3n) is 3.33. The normalized spacial score (nSPS) is 17.2. The molecule has 1 N–H and O–H groups in total. The Morgan fingerprint density at radius 3 is 2.88 bits per heavy atom. The Morgan fingerprint density at radius 1 is 1.24 bits per heavy atom. The quantitative estimate of drug-likeness (QED) is 0.762. The highest BCUT2D eigenvalue weighted by atomic mass is 15.1. The zero-order valence-corrected chi connectivity index (χ0v) is 10.6. The van der Waals surface area contributed by atoms with Crippen LogP contribution in [0.3, 0.4) is 0 Å². The van der Waals surface area contributed by atoms with Gasteiger partial charge in [-0.2, -0.15) is 0 Å². The highest BCUT2D eigenvalue weighted by Gasteiger charge is 2.08. The molecule has 1 aliphatic rings. The number of aromatic nitrogens is 1. The number of likely N-dealkylation sites (tertiary alicyclic amines) is 1. The van der Waals surface area contributed by atoms with Crippen molar-refractivity contribution in [1.29, 1.82) is 0 Å². The lowest BCUT2D eigenvalue weighted by molar-refractivity contribution is 0.225. The molecule has 2 rings (SSSR count). The van der Waals surface area contributed by atoms with Crippen molar-refractivity contribution in [1.82, 2.24) is 15.2 Å². The van der Waals surface area contributed by atoms with Gasteiger partial charge in [0.2, 0.25) is 0 Å². The molecule has 94 valence electrons. The van der Waals surface area contributed by atoms with E-state index in [1.165, 1.54) is 50.9 Å². The van der Waals surface area contributed by atoms with E-state index in [-0.39, 0.29) is 0 Å². The van der Waals surface area contributed by atoms with Crippen LogP contribution in [0, 0.1) is 0 Å². The van der Waals surface area contributed by atoms with Crippen LogP contribution < -0.4 is 5.32 Å². The number of pyridine rings is 1. The molecule has 3 heteroatoms. The van der Waals surface area contributed by atoms with Crippen molar-refractivity contribution in [2.75, 3.05) is 26.2 Å². The first-order valence-corrected chi connectivity index (χ1v) is 6.77. The fraction of sp³-hybridized carbons (Fsp3) is 0.643. The molecule has 0 bridgehead atoms. The molecular weight excluding hydrogens is 210 g/mol. The van der Waals surface area contributed by atoms with Crippen molar-refractivity contribution in [3.8, 4) is 0 Å². The molecule has 1 aromatic heterocycles. The molecule has 1 saturated heterocycles. The lowest BCUT2D eigenvalue weighted by Crippen LogP contribution is -2.32. The molecule has 0 aromatic carbocycles. The minimum absolute atomic E-state index is 0.938. The number of hydrogen-bond donors (Lipinski definition) is 1. The summed E-state index contributed by atoms with van der Waals surface area (Å²) < 4.78 is 0. The largest absolute Gasteiger partial charge is 0.313 e. The van der Waals surface area contributed by atoms with Crippen LogP contribution in [-0.4, -0.2) is 36.1 Å². The van der Waals surface area contributed by atoms with Gasteiger partial charge in [-0.3, -0.25) is 4.98 Å². The summed E-state index contributed by atoms with van der Waals surface area (Å²) in [6, 6.07) is 4.11. The highest BCUT2D eigenvalue weighted by Crippen LogP contribution is 2.08. The van der Waals surface area contributed by atoms with Crippen LogP contribution in [0.5, 0.6) is 0 Å². The van der Waals surface area contributed by atoms with Crippen LogP contribution in [0.15, 0.2) is 24.5 Å². The van der Waals surface area contributed by atoms with Crippen LogP contribution in [0.4, 0.5) is 0 Å². The van der Waals surface area contributed by atoms with Gasteiger partial charge >= 0.3 is 0 Å². The van der Waals surface area contributed by atoms with Crippen molar-refractivity contribution in [2.45, 2.75) is 32.2 Å². The zero-order chi connectivity index (χ0) is 11.8. The Hall–Kier alpha value is -0.930. The maximum atomic E-state index is 4.11. The van der Waals surface area contributed by atoms with Gasteiger partial charge in [0.05, 0.1) is 0 Å². The second-order valence-electron chi connectivity index (χ2n) is 4.79. The first-order valence-electron chi connectivity index (χ1n) is 6.77. The van der Waals surface area contributed by atoms with E-state index in [1.807, 2.05) is 18.5 Å². The SMILES string of the molecule is c1cncc(CNCCCN2CCCCC2)c1. The summed E-state index contributed by atoms with van der Waals surface area (Å²) in [5, 5.41) is 3.47. The lowest BCUT2D eigenvalue weighted by atomic mass is 10.1. The summed E-state index contributed by atoms with van der Waals surface area (Å²) >= 11 is 0. The van der Waals surface area contributed by atoms with Gasteiger partial charge in [-0.1, -0.05) is 12.5 Å². The molecule has 0 aliphatic carbocycles. The Balaban J connectivity index is 1.51. The number of nitrogens with zero attached hydrogens (tertiary/aromatic N) is 2. The molecule has 0 saturated carbocycles. The number of piperidine rings is 1. The second-order valence-corrected chi connectivity index (χ2v) is 4.79. The van der Waals surface area contributed by atoms with Crippen LogP contribution in [0.2, 0.25) is 0 Å². The van der Waals surface area contributed by atoms with Crippen molar-refractivity contribution >= 4 is 0 Å². The molecule has 0 atom stereocenters. The Kier molecular flexibility index (Phi) is 5.46. The molecule has 3 nitrogen and oxygen atoms in total. The summed E-state index contributed by atoms with van der Waals surface area (Å²) in [4.78, 5) is 6.70. The summed E-state index contributed by atoms with van der Waals surface area (Å²) in [6.07, 6.45) is 9.21. The zero-order valence-electron chi connectivity index (χ0n) is 10.6. The first kappa shape index (κ1) is 12.5. The standard InChI is InChI=1S/C14H23N3/c1-2-9-17(10-3-1)11-5-8-16-13-14-6-4-7-15-12-14/h4,6-7,12,16H,1-3,5,8-11,13H2. The second kappa shape index (κ2) is 7.41. The highest BCUT2D eigenvalue weighted by molar-refractivity contribution is 5.07. The molecule has 0 radical (unpaired) electrons. The van der Waals surface area contributed by atoms with E-state index >= 15 is 0 Å². The minimum atomic E-state index is 0.938. The van der Waals surface area contributed by atoms with Gasteiger partial charge in [0.1, 0.15) is 0 Å². The monoisotopic (exact) mass is 233 g/mol. The maximum Gasteiger partial charge on any atom is 0.0312 e. The van der Waals surface area contributed by atoms with Gasteiger partial charge in [0.25, 0.3) is 0 Å². The molecule has 1 aromatic rings. The van der Waals surface area contributed by atoms with Gasteiger partial charge < -0.3 is 10.2 Å². The van der Waals surface area contributed by atoms with Gasteiger partial charge in [-0.05, 0) is 57.1 Å². The van der Waals surface area contributed by atoms with Gasteiger partial charge in [-0.15, -0.1) is 0 Å². The average Bonchev–Trinajstić information content (AvgIpc) is 2.41. The van der Waals surface area contributed by atoms with Crippen molar-refractivity contribution in [2.24, 2.45) is 0 Å². The van der Waals surface area contributed by atoms with Crippen LogP contribution in [0.1, 0.15) is 31.2 Å². The van der Waals surface area contributed by atoms with E-state index in [2.05, 4.69) is 21.3 Å². The van der Waals surface area contributed by atoms with Crippen molar-refractivity contribution in [3.05, 3.63) is 30.1 Å². The van der Waals surface area contributed by atoms with Gasteiger partial charge in [0, 0.05) is 18.9 Å². The lowest BCUT2D eigenvalue weighted by Gasteiger charge is -2.26. The number of rotatable bonds is 6. The van der Waals surface area contributed by atoms with E-state index in [0.29, 0.717) is 0 Å². The number of nitrogens with one attached hydrogen (secondary N) is 1. The summed E-state index contributed by atoms with van der Waals surface area (Å²) in [5.41, 5.74) is 1.27. The van der Waals surface area contributed by atoms with Gasteiger partial charge in [-0.25, -0.2) is 0 Å². The van der Waals surface area contributed by atoms with E-state index in [4.69, 9.17) is 0 Å². The molecule has 1 aliphatic heterocycles. The van der Waals surface area contributed by atoms with Crippen molar-refractivity contribution < 1.29 is 0 Å². The molecule has 17 heavy (non-hydrogen) atoms. The van der Waals surface area contributed by atoms with E-state index in [9.17, 15) is 0 Å². The fourth-order valence-electron chi connectivity index (χ4n) is 2.35. The Morgan fingerprint density at radius 2 is 2.12 bits per heavy atom. The Bertz CT molecular complexity index is 294. The summed E-state index contributed by atoms with van der Waals surface area (Å²) in [6.45, 7) is 5.91. The van der Waals surface area contributed by atoms with Crippen molar-refractivity contribution in [3.63, 3.8) is 0 Å². The Labute approximate surface area is 104 Å². The third-order valence-corrected chi connectivity index (χ3v) is 3.33.